The van der Waals surface area contributed by atoms with Gasteiger partial charge in [-0.05, 0) is 83.1 Å². The molecule has 1 aromatic heterocycles. The summed E-state index contributed by atoms with van der Waals surface area (Å²) in [6.45, 7) is 1.92. The lowest BCUT2D eigenvalue weighted by Crippen LogP contribution is -2.36. The number of ether oxygens (including phenoxy) is 3. The monoisotopic (exact) mass is 1070 g/mol. The number of hydrogen-bond donors (Lipinski definition) is 6. The standard InChI is InChI=1S/C52H83N3O16P2/c1-3-5-7-9-11-13-14-15-16-17-18-19-20-22-24-28-33-37-48(58)69-44(40-66-47(57)36-32-29-25-27-31-35-43(56)34-30-26-23-21-12-10-8-6-4-2)41-67-72(62,63)71-73(64,65)68-42-45-49(59)50(60)51(70-45)55-39-38-46(53)54-52(55)61/h12,15-16,18-19,21-22,24-27,30-31,35,38-39,43-45,49-51,56,59-60H,3-11,13-14,17,20,23,28-29,32-34,36-37,40-42H2,1-2H3,(H,62,63)(H,64,65)(H2,53,54,61)/b16-15-,19-18-,21-12-,24-22-,27-25+,30-26-,35-31-/t43?,44-,45-,49-,50-,51-/m1/s1. The largest absolute Gasteiger partial charge is 0.481 e. The van der Waals surface area contributed by atoms with Crippen LogP contribution in [-0.2, 0) is 46.3 Å². The van der Waals surface area contributed by atoms with E-state index in [4.69, 9.17) is 29.0 Å². The van der Waals surface area contributed by atoms with Crippen molar-refractivity contribution in [3.8, 4) is 0 Å². The molecule has 1 fully saturated rings. The molecule has 2 heterocycles. The summed E-state index contributed by atoms with van der Waals surface area (Å²) in [4.78, 5) is 61.9. The summed E-state index contributed by atoms with van der Waals surface area (Å²) in [6.07, 6.45) is 38.4. The number of aromatic nitrogens is 2. The van der Waals surface area contributed by atoms with Crippen LogP contribution in [0.4, 0.5) is 5.82 Å². The number of phosphoric acid groups is 2. The van der Waals surface area contributed by atoms with Crippen LogP contribution in [-0.4, -0.2) is 96.9 Å². The predicted molar refractivity (Wildman–Crippen MR) is 281 cm³/mol. The number of aliphatic hydroxyl groups excluding tert-OH is 3. The molecular weight excluding hydrogens is 985 g/mol. The van der Waals surface area contributed by atoms with Gasteiger partial charge in [-0.25, -0.2) is 13.9 Å². The topological polar surface area (TPSA) is 286 Å². The third-order valence-corrected chi connectivity index (χ3v) is 13.6. The number of nitrogen functional groups attached to an aromatic ring is 1. The summed E-state index contributed by atoms with van der Waals surface area (Å²) >= 11 is 0. The SMILES string of the molecule is CCCCC/C=C\C/C=C\CC(O)/C=C\C=C\CCCC(=O)OC[C@H](COP(=O)(O)OP(=O)(O)OC[C@H]1O[C@@H](n2ccc(N)nc2=O)[C@H](O)[C@@H]1O)OC(=O)CCC/C=C\C/C=C\C/C=C\CCCCCCCC. The second-order valence-corrected chi connectivity index (χ2v) is 20.6. The van der Waals surface area contributed by atoms with Crippen molar-refractivity contribution in [3.05, 3.63) is 108 Å². The first-order chi connectivity index (χ1) is 35.1. The zero-order valence-corrected chi connectivity index (χ0v) is 44.6. The number of esters is 2. The molecule has 19 nitrogen and oxygen atoms in total. The molecule has 73 heavy (non-hydrogen) atoms. The summed E-state index contributed by atoms with van der Waals surface area (Å²) in [5.74, 6) is -1.51. The van der Waals surface area contributed by atoms with Crippen LogP contribution in [0.2, 0.25) is 0 Å². The van der Waals surface area contributed by atoms with E-state index in [1.807, 2.05) is 30.4 Å². The average molecular weight is 1070 g/mol. The number of allylic oxidation sites excluding steroid dienone is 12. The van der Waals surface area contributed by atoms with Gasteiger partial charge in [0, 0.05) is 19.0 Å². The van der Waals surface area contributed by atoms with Gasteiger partial charge in [-0.1, -0.05) is 144 Å². The maximum absolute atomic E-state index is 12.8. The number of phosphoric ester groups is 2. The number of hydrogen-bond acceptors (Lipinski definition) is 16. The highest BCUT2D eigenvalue weighted by Crippen LogP contribution is 2.60. The van der Waals surface area contributed by atoms with Crippen LogP contribution in [0.1, 0.15) is 155 Å². The maximum Gasteiger partial charge on any atom is 0.481 e. The molecule has 8 atom stereocenters. The summed E-state index contributed by atoms with van der Waals surface area (Å²) in [7, 11) is -10.9. The van der Waals surface area contributed by atoms with Crippen molar-refractivity contribution in [3.63, 3.8) is 0 Å². The van der Waals surface area contributed by atoms with Crippen LogP contribution in [0.5, 0.6) is 0 Å². The molecule has 412 valence electrons. The molecule has 0 saturated carbocycles. The number of carbonyl (C=O) groups is 2. The van der Waals surface area contributed by atoms with Crippen LogP contribution in [0.3, 0.4) is 0 Å². The fourth-order valence-corrected chi connectivity index (χ4v) is 9.10. The molecule has 21 heteroatoms. The van der Waals surface area contributed by atoms with E-state index < -0.39 is 89.8 Å². The average Bonchev–Trinajstić information content (AvgIpc) is 3.62. The quantitative estimate of drug-likeness (QED) is 0.0117. The van der Waals surface area contributed by atoms with Gasteiger partial charge >= 0.3 is 33.3 Å². The minimum absolute atomic E-state index is 0.0229. The Labute approximate surface area is 431 Å². The van der Waals surface area contributed by atoms with Crippen molar-refractivity contribution in [2.45, 2.75) is 185 Å². The van der Waals surface area contributed by atoms with Gasteiger partial charge in [-0.2, -0.15) is 9.29 Å². The first kappa shape index (κ1) is 65.0. The fourth-order valence-electron chi connectivity index (χ4n) is 6.99. The predicted octanol–water partition coefficient (Wildman–Crippen LogP) is 9.64. The van der Waals surface area contributed by atoms with Gasteiger partial charge in [0.2, 0.25) is 0 Å². The number of nitrogens with zero attached hydrogens (tertiary/aromatic N) is 2. The van der Waals surface area contributed by atoms with E-state index >= 15 is 0 Å². The highest BCUT2D eigenvalue weighted by molar-refractivity contribution is 7.61. The first-order valence-electron chi connectivity index (χ1n) is 25.7. The Morgan fingerprint density at radius 1 is 0.726 bits per heavy atom. The number of anilines is 1. The van der Waals surface area contributed by atoms with Crippen molar-refractivity contribution in [2.75, 3.05) is 25.6 Å². The van der Waals surface area contributed by atoms with E-state index in [0.717, 1.165) is 42.9 Å². The highest BCUT2D eigenvalue weighted by atomic mass is 31.3. The molecule has 0 aliphatic carbocycles. The van der Waals surface area contributed by atoms with Crippen molar-refractivity contribution in [2.24, 2.45) is 0 Å². The zero-order chi connectivity index (χ0) is 53.6. The first-order valence-corrected chi connectivity index (χ1v) is 28.7. The molecule has 0 bridgehead atoms. The molecule has 1 aliphatic rings. The van der Waals surface area contributed by atoms with Crippen molar-refractivity contribution < 1.29 is 71.4 Å². The lowest BCUT2D eigenvalue weighted by Gasteiger charge is -2.21. The van der Waals surface area contributed by atoms with Crippen LogP contribution in [0, 0.1) is 0 Å². The number of carbonyl (C=O) groups excluding carboxylic acids is 2. The van der Waals surface area contributed by atoms with Crippen LogP contribution >= 0.6 is 15.6 Å². The molecule has 2 rings (SSSR count). The summed E-state index contributed by atoms with van der Waals surface area (Å²) < 4.78 is 56.6. The van der Waals surface area contributed by atoms with Gasteiger partial charge in [0.15, 0.2) is 12.3 Å². The smallest absolute Gasteiger partial charge is 0.462 e. The molecule has 0 amide bonds. The fraction of sp³-hybridized carbons (Fsp3) is 0.615. The van der Waals surface area contributed by atoms with Crippen molar-refractivity contribution in [1.29, 1.82) is 0 Å². The molecular formula is C52H83N3O16P2. The number of aliphatic hydroxyl groups is 3. The van der Waals surface area contributed by atoms with Gasteiger partial charge < -0.3 is 45.1 Å². The van der Waals surface area contributed by atoms with E-state index in [-0.39, 0.29) is 18.7 Å². The normalized spacial score (nSPS) is 20.1. The van der Waals surface area contributed by atoms with Gasteiger partial charge in [0.25, 0.3) is 0 Å². The summed E-state index contributed by atoms with van der Waals surface area (Å²) in [6, 6.07) is 1.24. The Morgan fingerprint density at radius 2 is 1.27 bits per heavy atom. The minimum Gasteiger partial charge on any atom is -0.462 e. The molecule has 0 spiro atoms. The molecule has 7 N–H and O–H groups in total. The van der Waals surface area contributed by atoms with E-state index in [2.05, 4.69) is 59.6 Å². The van der Waals surface area contributed by atoms with Crippen LogP contribution in [0.25, 0.3) is 0 Å². The lowest BCUT2D eigenvalue weighted by atomic mass is 10.1. The Bertz CT molecular complexity index is 2070. The zero-order valence-electron chi connectivity index (χ0n) is 42.8. The minimum atomic E-state index is -5.47. The van der Waals surface area contributed by atoms with Crippen LogP contribution in [0.15, 0.2) is 102 Å². The summed E-state index contributed by atoms with van der Waals surface area (Å²) in [5, 5.41) is 31.1. The summed E-state index contributed by atoms with van der Waals surface area (Å²) in [5.41, 5.74) is 4.57. The molecule has 0 radical (unpaired) electrons. The lowest BCUT2D eigenvalue weighted by molar-refractivity contribution is -0.161. The number of unbranched alkanes of at least 4 members (excludes halogenated alkanes) is 11. The second kappa shape index (κ2) is 39.3. The Morgan fingerprint density at radius 3 is 1.93 bits per heavy atom. The third kappa shape index (κ3) is 32.1. The van der Waals surface area contributed by atoms with E-state index in [9.17, 15) is 48.6 Å². The van der Waals surface area contributed by atoms with Gasteiger partial charge in [0.1, 0.15) is 30.7 Å². The van der Waals surface area contributed by atoms with E-state index in [1.165, 1.54) is 63.9 Å². The van der Waals surface area contributed by atoms with Gasteiger partial charge in [-0.3, -0.25) is 23.2 Å². The highest BCUT2D eigenvalue weighted by Gasteiger charge is 2.46. The molecule has 0 aromatic carbocycles. The van der Waals surface area contributed by atoms with Crippen LogP contribution < -0.4 is 11.4 Å². The van der Waals surface area contributed by atoms with Gasteiger partial charge in [0.05, 0.1) is 19.3 Å². The van der Waals surface area contributed by atoms with E-state index in [0.29, 0.717) is 32.1 Å². The van der Waals surface area contributed by atoms with Crippen molar-refractivity contribution >= 4 is 33.4 Å². The van der Waals surface area contributed by atoms with E-state index in [1.54, 1.807) is 18.2 Å². The Hall–Kier alpha value is -4.10. The Balaban J connectivity index is 1.87. The molecule has 1 saturated heterocycles. The second-order valence-electron chi connectivity index (χ2n) is 17.5. The van der Waals surface area contributed by atoms with Gasteiger partial charge in [-0.15, -0.1) is 0 Å². The molecule has 1 aliphatic heterocycles. The number of rotatable bonds is 41. The number of nitrogens with two attached hydrogens (primary N) is 1. The third-order valence-electron chi connectivity index (χ3n) is 11.0. The van der Waals surface area contributed by atoms with Crippen molar-refractivity contribution in [1.82, 2.24) is 9.55 Å². The maximum atomic E-state index is 12.8. The Kier molecular flexibility index (Phi) is 35.0. The molecule has 1 aromatic rings. The molecule has 3 unspecified atom stereocenters.